The lowest BCUT2D eigenvalue weighted by molar-refractivity contribution is 0.214. The highest BCUT2D eigenvalue weighted by Gasteiger charge is 2.14. The van der Waals surface area contributed by atoms with Crippen LogP contribution < -0.4 is 5.73 Å². The van der Waals surface area contributed by atoms with E-state index in [2.05, 4.69) is 9.97 Å². The van der Waals surface area contributed by atoms with Crippen LogP contribution >= 0.6 is 0 Å². The average Bonchev–Trinajstić information content (AvgIpc) is 2.55. The predicted octanol–water partition coefficient (Wildman–Crippen LogP) is 0.846. The summed E-state index contributed by atoms with van der Waals surface area (Å²) in [6.45, 7) is 5.02. The van der Waals surface area contributed by atoms with Crippen molar-refractivity contribution in [3.8, 4) is 0 Å². The van der Waals surface area contributed by atoms with Crippen molar-refractivity contribution in [1.29, 1.82) is 0 Å². The Morgan fingerprint density at radius 2 is 2.06 bits per heavy atom. The monoisotopic (exact) mass is 250 g/mol. The van der Waals surface area contributed by atoms with Gasteiger partial charge in [0.1, 0.15) is 17.4 Å². The van der Waals surface area contributed by atoms with Gasteiger partial charge in [-0.05, 0) is 20.9 Å². The van der Waals surface area contributed by atoms with E-state index in [4.69, 9.17) is 15.3 Å². The molecule has 0 atom stereocenters. The second kappa shape index (κ2) is 4.91. The minimum absolute atomic E-state index is 0.104. The zero-order valence-electron chi connectivity index (χ0n) is 10.9. The Morgan fingerprint density at radius 1 is 1.33 bits per heavy atom. The summed E-state index contributed by atoms with van der Waals surface area (Å²) in [4.78, 5) is 10.6. The molecule has 0 bridgehead atoms. The van der Waals surface area contributed by atoms with Crippen LogP contribution in [-0.2, 0) is 6.54 Å². The molecule has 2 aromatic rings. The fourth-order valence-electron chi connectivity index (χ4n) is 1.89. The van der Waals surface area contributed by atoms with Crippen LogP contribution in [0.1, 0.15) is 17.1 Å². The summed E-state index contributed by atoms with van der Waals surface area (Å²) in [5, 5.41) is 9.65. The number of rotatable bonds is 4. The number of fused-ring (bicyclic) bond motifs is 1. The van der Waals surface area contributed by atoms with Crippen molar-refractivity contribution in [2.45, 2.75) is 20.4 Å². The van der Waals surface area contributed by atoms with Crippen molar-refractivity contribution in [3.63, 3.8) is 0 Å². The van der Waals surface area contributed by atoms with Gasteiger partial charge in [0.05, 0.1) is 18.5 Å². The molecule has 0 fully saturated rings. The van der Waals surface area contributed by atoms with E-state index in [1.165, 1.54) is 0 Å². The van der Waals surface area contributed by atoms with Crippen molar-refractivity contribution < 1.29 is 9.52 Å². The van der Waals surface area contributed by atoms with E-state index >= 15 is 0 Å². The van der Waals surface area contributed by atoms with E-state index < -0.39 is 0 Å². The maximum atomic E-state index is 8.86. The molecule has 2 heterocycles. The third-order valence-electron chi connectivity index (χ3n) is 3.00. The maximum absolute atomic E-state index is 8.86. The highest BCUT2D eigenvalue weighted by atomic mass is 16.3. The summed E-state index contributed by atoms with van der Waals surface area (Å²) in [5.41, 5.74) is 7.46. The largest absolute Gasteiger partial charge is 0.443 e. The topological polar surface area (TPSA) is 88.4 Å². The molecule has 0 aliphatic rings. The first-order valence-corrected chi connectivity index (χ1v) is 5.84. The third-order valence-corrected chi connectivity index (χ3v) is 3.00. The number of nitrogen functional groups attached to an aromatic ring is 1. The molecule has 0 aromatic carbocycles. The number of anilines is 1. The Balaban J connectivity index is 2.37. The lowest BCUT2D eigenvalue weighted by Crippen LogP contribution is -2.23. The molecule has 0 saturated carbocycles. The number of aryl methyl sites for hydroxylation is 2. The van der Waals surface area contributed by atoms with Crippen LogP contribution in [0.2, 0.25) is 0 Å². The molecule has 2 rings (SSSR count). The molecule has 0 spiro atoms. The van der Waals surface area contributed by atoms with Crippen molar-refractivity contribution in [2.24, 2.45) is 0 Å². The van der Waals surface area contributed by atoms with Gasteiger partial charge < -0.3 is 15.3 Å². The highest BCUT2D eigenvalue weighted by Crippen LogP contribution is 2.27. The van der Waals surface area contributed by atoms with Gasteiger partial charge >= 0.3 is 0 Å². The van der Waals surface area contributed by atoms with E-state index in [9.17, 15) is 0 Å². The van der Waals surface area contributed by atoms with Crippen molar-refractivity contribution >= 4 is 16.9 Å². The smallest absolute Gasteiger partial charge is 0.231 e. The molecule has 0 radical (unpaired) electrons. The summed E-state index contributed by atoms with van der Waals surface area (Å²) in [5.74, 6) is 1.86. The van der Waals surface area contributed by atoms with Gasteiger partial charge in [-0.2, -0.15) is 4.98 Å². The van der Waals surface area contributed by atoms with Gasteiger partial charge in [-0.25, -0.2) is 4.98 Å². The van der Waals surface area contributed by atoms with Gasteiger partial charge in [0.2, 0.25) is 5.71 Å². The Kier molecular flexibility index (Phi) is 3.49. The van der Waals surface area contributed by atoms with Crippen LogP contribution in [-0.4, -0.2) is 40.2 Å². The van der Waals surface area contributed by atoms with Gasteiger partial charge in [0.25, 0.3) is 0 Å². The average molecular weight is 250 g/mol. The van der Waals surface area contributed by atoms with Gasteiger partial charge in [0, 0.05) is 12.1 Å². The minimum Gasteiger partial charge on any atom is -0.443 e. The normalized spacial score (nSPS) is 11.6. The van der Waals surface area contributed by atoms with E-state index in [-0.39, 0.29) is 6.61 Å². The lowest BCUT2D eigenvalue weighted by atomic mass is 10.2. The van der Waals surface area contributed by atoms with Gasteiger partial charge in [-0.1, -0.05) is 0 Å². The molecule has 0 aliphatic heterocycles. The zero-order valence-corrected chi connectivity index (χ0v) is 10.9. The second-order valence-corrected chi connectivity index (χ2v) is 4.45. The fraction of sp³-hybridized carbons (Fsp3) is 0.500. The molecule has 18 heavy (non-hydrogen) atoms. The van der Waals surface area contributed by atoms with Gasteiger partial charge in [-0.3, -0.25) is 4.90 Å². The molecule has 3 N–H and O–H groups in total. The standard InChI is InChI=1S/C12H18N4O2/c1-7-8(2)18-12-10(7)11(13)14-9(15-12)6-16(3)4-5-17/h17H,4-6H2,1-3H3,(H2,13,14,15). The maximum Gasteiger partial charge on any atom is 0.231 e. The summed E-state index contributed by atoms with van der Waals surface area (Å²) in [6, 6.07) is 0. The number of nitrogens with zero attached hydrogens (tertiary/aromatic N) is 3. The Hall–Kier alpha value is -1.66. The number of furan rings is 1. The molecule has 2 aromatic heterocycles. The molecule has 0 aliphatic carbocycles. The predicted molar refractivity (Wildman–Crippen MR) is 69.1 cm³/mol. The SMILES string of the molecule is Cc1oc2nc(CN(C)CCO)nc(N)c2c1C. The Morgan fingerprint density at radius 3 is 2.72 bits per heavy atom. The molecule has 6 nitrogen and oxygen atoms in total. The van der Waals surface area contributed by atoms with E-state index in [1.54, 1.807) is 0 Å². The molecule has 6 heteroatoms. The van der Waals surface area contributed by atoms with Gasteiger partial charge in [-0.15, -0.1) is 0 Å². The molecule has 0 saturated heterocycles. The van der Waals surface area contributed by atoms with Crippen LogP contribution in [0.3, 0.4) is 0 Å². The fourth-order valence-corrected chi connectivity index (χ4v) is 1.89. The highest BCUT2D eigenvalue weighted by molar-refractivity contribution is 5.88. The zero-order chi connectivity index (χ0) is 13.3. The summed E-state index contributed by atoms with van der Waals surface area (Å²) < 4.78 is 5.56. The van der Waals surface area contributed by atoms with Crippen molar-refractivity contribution in [1.82, 2.24) is 14.9 Å². The van der Waals surface area contributed by atoms with Crippen LogP contribution in [0.25, 0.3) is 11.1 Å². The number of likely N-dealkylation sites (N-methyl/N-ethyl adjacent to an activating group) is 1. The molecule has 0 unspecified atom stereocenters. The van der Waals surface area contributed by atoms with E-state index in [0.29, 0.717) is 30.4 Å². The number of aliphatic hydroxyl groups is 1. The number of hydrogen-bond acceptors (Lipinski definition) is 6. The van der Waals surface area contributed by atoms with Crippen LogP contribution in [0.15, 0.2) is 4.42 Å². The van der Waals surface area contributed by atoms with Crippen LogP contribution in [0.5, 0.6) is 0 Å². The third kappa shape index (κ3) is 2.30. The first-order chi connectivity index (χ1) is 8.52. The van der Waals surface area contributed by atoms with Crippen LogP contribution in [0, 0.1) is 13.8 Å². The first kappa shape index (κ1) is 12.8. The summed E-state index contributed by atoms with van der Waals surface area (Å²) >= 11 is 0. The molecule has 0 amide bonds. The number of nitrogens with two attached hydrogens (primary N) is 1. The molecule has 98 valence electrons. The first-order valence-electron chi connectivity index (χ1n) is 5.84. The Bertz CT molecular complexity index is 565. The van der Waals surface area contributed by atoms with Crippen molar-refractivity contribution in [2.75, 3.05) is 25.9 Å². The Labute approximate surface area is 105 Å². The van der Waals surface area contributed by atoms with E-state index in [0.717, 1.165) is 16.7 Å². The molecular formula is C12H18N4O2. The molecular weight excluding hydrogens is 232 g/mol. The number of aliphatic hydroxyl groups excluding tert-OH is 1. The number of aromatic nitrogens is 2. The van der Waals surface area contributed by atoms with Crippen LogP contribution in [0.4, 0.5) is 5.82 Å². The minimum atomic E-state index is 0.104. The number of hydrogen-bond donors (Lipinski definition) is 2. The van der Waals surface area contributed by atoms with E-state index in [1.807, 2.05) is 25.8 Å². The summed E-state index contributed by atoms with van der Waals surface area (Å²) in [7, 11) is 1.89. The second-order valence-electron chi connectivity index (χ2n) is 4.45. The quantitative estimate of drug-likeness (QED) is 0.836. The van der Waals surface area contributed by atoms with Gasteiger partial charge in [0.15, 0.2) is 0 Å². The lowest BCUT2D eigenvalue weighted by Gasteiger charge is -2.13. The van der Waals surface area contributed by atoms with Crippen molar-refractivity contribution in [3.05, 3.63) is 17.1 Å². The summed E-state index contributed by atoms with van der Waals surface area (Å²) in [6.07, 6.45) is 0.